The Balaban J connectivity index is 2.20. The average molecular weight is 428 g/mol. The van der Waals surface area contributed by atoms with E-state index in [2.05, 4.69) is 34.6 Å². The van der Waals surface area contributed by atoms with Crippen LogP contribution in [-0.2, 0) is 20.7 Å². The summed E-state index contributed by atoms with van der Waals surface area (Å²) < 4.78 is 81.4. The monoisotopic (exact) mass is 428 g/mol. The molecule has 11 nitrogen and oxygen atoms in total. The maximum absolute atomic E-state index is 13.6. The van der Waals surface area contributed by atoms with Crippen LogP contribution in [0.15, 0.2) is 27.8 Å². The first-order chi connectivity index (χ1) is 13.0. The van der Waals surface area contributed by atoms with Gasteiger partial charge in [-0.25, -0.2) is 19.2 Å². The lowest BCUT2D eigenvalue weighted by molar-refractivity contribution is -0.139. The maximum atomic E-state index is 13.6. The number of anilines is 1. The van der Waals surface area contributed by atoms with Crippen LogP contribution < -0.4 is 15.9 Å². The first kappa shape index (κ1) is 21.5. The number of alkyl halides is 3. The molecule has 0 amide bonds. The van der Waals surface area contributed by atoms with Crippen LogP contribution in [-0.4, -0.2) is 42.9 Å². The van der Waals surface area contributed by atoms with Crippen LogP contribution in [0.5, 0.6) is 0 Å². The number of hydrogen-bond acceptors (Lipinski definition) is 9. The van der Waals surface area contributed by atoms with Gasteiger partial charge in [-0.3, -0.25) is 14.9 Å². The largest absolute Gasteiger partial charge is 0.419 e. The molecule has 2 aromatic rings. The second-order valence-electron chi connectivity index (χ2n) is 4.94. The molecule has 1 aromatic carbocycles. The van der Waals surface area contributed by atoms with Gasteiger partial charge in [-0.1, -0.05) is 0 Å². The SMILES string of the molecule is NS(=O)(=O)OCCNc1nonc1C(=Nc1ccc(C(F)(F)F)c(F)c1)NO. The fraction of sp³-hybridized carbons (Fsp3) is 0.250. The number of benzene rings is 1. The number of nitrogens with two attached hydrogens (primary N) is 1. The van der Waals surface area contributed by atoms with Crippen molar-refractivity contribution in [3.05, 3.63) is 35.3 Å². The fourth-order valence-corrected chi connectivity index (χ4v) is 2.17. The number of nitrogens with one attached hydrogen (secondary N) is 2. The van der Waals surface area contributed by atoms with E-state index in [9.17, 15) is 31.2 Å². The highest BCUT2D eigenvalue weighted by atomic mass is 32.2. The third-order valence-corrected chi connectivity index (χ3v) is 3.46. The summed E-state index contributed by atoms with van der Waals surface area (Å²) >= 11 is 0. The van der Waals surface area contributed by atoms with Gasteiger partial charge in [-0.2, -0.15) is 21.6 Å². The summed E-state index contributed by atoms with van der Waals surface area (Å²) in [5.41, 5.74) is -0.375. The van der Waals surface area contributed by atoms with E-state index < -0.39 is 33.7 Å². The van der Waals surface area contributed by atoms with Crippen LogP contribution in [0.1, 0.15) is 11.3 Å². The topological polar surface area (TPSA) is 165 Å². The molecule has 0 fully saturated rings. The Labute approximate surface area is 154 Å². The number of rotatable bonds is 7. The molecular weight excluding hydrogens is 416 g/mol. The van der Waals surface area contributed by atoms with E-state index >= 15 is 0 Å². The molecule has 0 aliphatic heterocycles. The van der Waals surface area contributed by atoms with Gasteiger partial charge in [0.1, 0.15) is 5.82 Å². The van der Waals surface area contributed by atoms with Crippen molar-refractivity contribution in [1.82, 2.24) is 15.8 Å². The second-order valence-corrected chi connectivity index (χ2v) is 6.16. The van der Waals surface area contributed by atoms with Crippen molar-refractivity contribution in [3.8, 4) is 0 Å². The Bertz CT molecular complexity index is 962. The van der Waals surface area contributed by atoms with Crippen LogP contribution in [0.3, 0.4) is 0 Å². The molecular formula is C12H12F4N6O5S. The molecule has 0 unspecified atom stereocenters. The molecule has 1 heterocycles. The molecule has 5 N–H and O–H groups in total. The number of amidine groups is 1. The number of aromatic nitrogens is 2. The number of nitrogens with zero attached hydrogens (tertiary/aromatic N) is 3. The average Bonchev–Trinajstić information content (AvgIpc) is 3.03. The van der Waals surface area contributed by atoms with Gasteiger partial charge in [-0.05, 0) is 22.4 Å². The highest BCUT2D eigenvalue weighted by Crippen LogP contribution is 2.33. The van der Waals surface area contributed by atoms with Crippen LogP contribution >= 0.6 is 0 Å². The van der Waals surface area contributed by atoms with Crippen molar-refractivity contribution < 1.29 is 40.0 Å². The zero-order valence-electron chi connectivity index (χ0n) is 13.6. The van der Waals surface area contributed by atoms with E-state index in [1.54, 1.807) is 5.48 Å². The summed E-state index contributed by atoms with van der Waals surface area (Å²) in [7, 11) is -4.15. The third-order valence-electron chi connectivity index (χ3n) is 2.96. The predicted molar refractivity (Wildman–Crippen MR) is 84.4 cm³/mol. The first-order valence-corrected chi connectivity index (χ1v) is 8.58. The van der Waals surface area contributed by atoms with Crippen molar-refractivity contribution in [3.63, 3.8) is 0 Å². The van der Waals surface area contributed by atoms with Crippen molar-refractivity contribution in [1.29, 1.82) is 0 Å². The standard InChI is InChI=1S/C12H12F4N6O5S/c13-8-5-6(1-2-7(8)12(14,15)16)19-11(20-23)9-10(22-27-21-9)18-3-4-26-28(17,24)25/h1-2,5,23H,3-4H2,(H,18,22)(H,19,20)(H2,17,24,25). The molecule has 0 saturated heterocycles. The minimum absolute atomic E-state index is 0.134. The van der Waals surface area contributed by atoms with E-state index in [-0.39, 0.29) is 30.4 Å². The number of aliphatic imine (C=N–C) groups is 1. The van der Waals surface area contributed by atoms with Gasteiger partial charge in [0.05, 0.1) is 17.9 Å². The third kappa shape index (κ3) is 5.84. The predicted octanol–water partition coefficient (Wildman–Crippen LogP) is 0.917. The molecule has 0 spiro atoms. The summed E-state index contributed by atoms with van der Waals surface area (Å²) in [5, 5.41) is 23.3. The van der Waals surface area contributed by atoms with E-state index in [4.69, 9.17) is 0 Å². The van der Waals surface area contributed by atoms with Crippen LogP contribution in [0.4, 0.5) is 29.1 Å². The van der Waals surface area contributed by atoms with E-state index in [1.165, 1.54) is 0 Å². The lowest BCUT2D eigenvalue weighted by Crippen LogP contribution is -2.23. The fourth-order valence-electron chi connectivity index (χ4n) is 1.85. The summed E-state index contributed by atoms with van der Waals surface area (Å²) in [6.07, 6.45) is -4.88. The molecule has 0 atom stereocenters. The van der Waals surface area contributed by atoms with Crippen LogP contribution in [0, 0.1) is 5.82 Å². The van der Waals surface area contributed by atoms with Gasteiger partial charge in [0, 0.05) is 12.6 Å². The highest BCUT2D eigenvalue weighted by Gasteiger charge is 2.34. The van der Waals surface area contributed by atoms with Crippen molar-refractivity contribution in [2.24, 2.45) is 10.1 Å². The van der Waals surface area contributed by atoms with Gasteiger partial charge in [-0.15, -0.1) is 0 Å². The van der Waals surface area contributed by atoms with Crippen molar-refractivity contribution in [2.45, 2.75) is 6.18 Å². The lowest BCUT2D eigenvalue weighted by atomic mass is 10.2. The van der Waals surface area contributed by atoms with Gasteiger partial charge in [0.15, 0.2) is 11.5 Å². The smallest absolute Gasteiger partial charge is 0.363 e. The molecule has 0 radical (unpaired) electrons. The lowest BCUT2D eigenvalue weighted by Gasteiger charge is -2.08. The minimum atomic E-state index is -4.88. The normalized spacial score (nSPS) is 12.9. The molecule has 154 valence electrons. The first-order valence-electron chi connectivity index (χ1n) is 7.11. The van der Waals surface area contributed by atoms with Crippen LogP contribution in [0.25, 0.3) is 0 Å². The molecule has 0 saturated carbocycles. The summed E-state index contributed by atoms with van der Waals surface area (Å²) in [6.45, 7) is -0.514. The number of halogens is 4. The highest BCUT2D eigenvalue weighted by molar-refractivity contribution is 7.84. The van der Waals surface area contributed by atoms with Crippen LogP contribution in [0.2, 0.25) is 0 Å². The number of hydroxylamine groups is 1. The van der Waals surface area contributed by atoms with E-state index in [0.29, 0.717) is 12.1 Å². The molecule has 1 aromatic heterocycles. The second kappa shape index (κ2) is 8.46. The molecule has 0 aliphatic carbocycles. The molecule has 28 heavy (non-hydrogen) atoms. The van der Waals surface area contributed by atoms with E-state index in [0.717, 1.165) is 6.07 Å². The van der Waals surface area contributed by atoms with E-state index in [1.807, 2.05) is 0 Å². The number of hydrogen-bond donors (Lipinski definition) is 4. The van der Waals surface area contributed by atoms with Gasteiger partial charge in [0.2, 0.25) is 5.82 Å². The summed E-state index contributed by atoms with van der Waals surface area (Å²) in [5.74, 6) is -2.15. The van der Waals surface area contributed by atoms with Gasteiger partial charge >= 0.3 is 16.5 Å². The van der Waals surface area contributed by atoms with Gasteiger partial charge < -0.3 is 5.32 Å². The quantitative estimate of drug-likeness (QED) is 0.165. The van der Waals surface area contributed by atoms with Crippen molar-refractivity contribution in [2.75, 3.05) is 18.5 Å². The zero-order chi connectivity index (χ0) is 20.9. The Hall–Kier alpha value is -2.82. The zero-order valence-corrected chi connectivity index (χ0v) is 14.4. The maximum Gasteiger partial charge on any atom is 0.419 e. The Morgan fingerprint density at radius 2 is 2.07 bits per heavy atom. The molecule has 0 aliphatic rings. The molecule has 0 bridgehead atoms. The summed E-state index contributed by atoms with van der Waals surface area (Å²) in [6, 6.07) is 1.85. The Morgan fingerprint density at radius 3 is 2.64 bits per heavy atom. The Morgan fingerprint density at radius 1 is 1.36 bits per heavy atom. The Kier molecular flexibility index (Phi) is 6.49. The molecule has 16 heteroatoms. The van der Waals surface area contributed by atoms with Gasteiger partial charge in [0.25, 0.3) is 0 Å². The molecule has 2 rings (SSSR count). The summed E-state index contributed by atoms with van der Waals surface area (Å²) in [4.78, 5) is 3.73. The minimum Gasteiger partial charge on any atom is -0.363 e. The van der Waals surface area contributed by atoms with Crippen molar-refractivity contribution >= 4 is 27.6 Å².